The lowest BCUT2D eigenvalue weighted by Gasteiger charge is -2.09. The molecule has 0 atom stereocenters. The quantitative estimate of drug-likeness (QED) is 0.791. The van der Waals surface area contributed by atoms with Gasteiger partial charge in [-0.05, 0) is 30.3 Å². The second kappa shape index (κ2) is 6.02. The van der Waals surface area contributed by atoms with Crippen LogP contribution in [0.3, 0.4) is 0 Å². The van der Waals surface area contributed by atoms with Crippen LogP contribution < -0.4 is 4.74 Å². The van der Waals surface area contributed by atoms with Gasteiger partial charge in [0.1, 0.15) is 10.9 Å². The minimum atomic E-state index is -4.72. The molecular weight excluding hydrogens is 305 g/mol. The smallest absolute Gasteiger partial charge is 0.406 e. The maximum Gasteiger partial charge on any atom is 0.573 e. The maximum absolute atomic E-state index is 12.1. The highest BCUT2D eigenvalue weighted by atomic mass is 35.5. The second-order valence-electron chi connectivity index (χ2n) is 4.05. The van der Waals surface area contributed by atoms with E-state index in [2.05, 4.69) is 9.72 Å². The molecule has 1 aromatic heterocycles. The van der Waals surface area contributed by atoms with Crippen LogP contribution in [0.4, 0.5) is 13.2 Å². The molecule has 21 heavy (non-hydrogen) atoms. The summed E-state index contributed by atoms with van der Waals surface area (Å²) < 4.78 is 40.0. The number of hydrogen-bond acceptors (Lipinski definition) is 3. The molecule has 0 saturated heterocycles. The van der Waals surface area contributed by atoms with E-state index in [1.807, 2.05) is 6.07 Å². The van der Waals surface area contributed by atoms with E-state index in [0.717, 1.165) is 0 Å². The van der Waals surface area contributed by atoms with Crippen molar-refractivity contribution in [3.63, 3.8) is 0 Å². The van der Waals surface area contributed by atoms with Gasteiger partial charge in [-0.2, -0.15) is 5.26 Å². The van der Waals surface area contributed by atoms with Crippen LogP contribution in [0.2, 0.25) is 5.15 Å². The third-order valence-electron chi connectivity index (χ3n) is 2.58. The molecule has 0 aliphatic heterocycles. The van der Waals surface area contributed by atoms with Crippen molar-refractivity contribution >= 4 is 11.6 Å². The Morgan fingerprint density at radius 2 is 1.81 bits per heavy atom. The van der Waals surface area contributed by atoms with Crippen LogP contribution in [0, 0.1) is 11.3 Å². The Morgan fingerprint density at radius 3 is 2.33 bits per heavy atom. The molecule has 0 saturated carbocycles. The number of halogens is 4. The molecule has 0 unspecified atom stereocenters. The third-order valence-corrected chi connectivity index (χ3v) is 2.91. The number of aromatic nitrogens is 1. The summed E-state index contributed by atoms with van der Waals surface area (Å²) in [5, 5.41) is 8.81. The molecule has 0 aliphatic carbocycles. The first-order valence-electron chi connectivity index (χ1n) is 5.77. The lowest BCUT2D eigenvalue weighted by Crippen LogP contribution is -2.16. The number of benzene rings is 1. The van der Waals surface area contributed by atoms with Crippen LogP contribution in [0.1, 0.15) is 5.56 Å². The van der Waals surface area contributed by atoms with Crippen LogP contribution in [-0.2, 0) is 6.42 Å². The molecular formula is C14H8ClF3N2O. The fraction of sp³-hybridized carbons (Fsp3) is 0.143. The van der Waals surface area contributed by atoms with Crippen molar-refractivity contribution in [3.05, 3.63) is 47.1 Å². The molecule has 0 spiro atoms. The summed E-state index contributed by atoms with van der Waals surface area (Å²) in [6.45, 7) is 0. The van der Waals surface area contributed by atoms with Gasteiger partial charge < -0.3 is 4.74 Å². The molecule has 0 aliphatic rings. The van der Waals surface area contributed by atoms with Crippen molar-refractivity contribution in [2.24, 2.45) is 0 Å². The molecule has 108 valence electrons. The number of hydrogen-bond donors (Lipinski definition) is 0. The fourth-order valence-corrected chi connectivity index (χ4v) is 1.89. The van der Waals surface area contributed by atoms with E-state index in [9.17, 15) is 13.2 Å². The molecule has 0 amide bonds. The van der Waals surface area contributed by atoms with E-state index >= 15 is 0 Å². The van der Waals surface area contributed by atoms with E-state index < -0.39 is 6.36 Å². The highest BCUT2D eigenvalue weighted by Gasteiger charge is 2.30. The Balaban J connectivity index is 2.23. The van der Waals surface area contributed by atoms with Gasteiger partial charge in [0.05, 0.1) is 18.2 Å². The van der Waals surface area contributed by atoms with Crippen LogP contribution in [-0.4, -0.2) is 11.3 Å². The summed E-state index contributed by atoms with van der Waals surface area (Å²) in [5.74, 6) is -0.307. The predicted octanol–water partition coefficient (Wildman–Crippen LogP) is 4.37. The van der Waals surface area contributed by atoms with E-state index in [1.54, 1.807) is 12.1 Å². The molecule has 1 aromatic carbocycles. The van der Waals surface area contributed by atoms with Crippen molar-refractivity contribution in [1.82, 2.24) is 4.98 Å². The maximum atomic E-state index is 12.1. The average molecular weight is 313 g/mol. The highest BCUT2D eigenvalue weighted by Crippen LogP contribution is 2.27. The van der Waals surface area contributed by atoms with Gasteiger partial charge in [-0.25, -0.2) is 4.98 Å². The average Bonchev–Trinajstić information content (AvgIpc) is 2.40. The zero-order valence-electron chi connectivity index (χ0n) is 10.5. The lowest BCUT2D eigenvalue weighted by molar-refractivity contribution is -0.274. The zero-order chi connectivity index (χ0) is 15.5. The van der Waals surface area contributed by atoms with Crippen LogP contribution in [0.5, 0.6) is 5.75 Å². The topological polar surface area (TPSA) is 45.9 Å². The number of rotatable bonds is 3. The zero-order valence-corrected chi connectivity index (χ0v) is 11.2. The molecule has 0 bridgehead atoms. The first-order valence-corrected chi connectivity index (χ1v) is 6.15. The molecule has 0 radical (unpaired) electrons. The summed E-state index contributed by atoms with van der Waals surface area (Å²) >= 11 is 5.94. The minimum absolute atomic E-state index is 0.143. The van der Waals surface area contributed by atoms with Gasteiger partial charge in [0.25, 0.3) is 0 Å². The fourth-order valence-electron chi connectivity index (χ4n) is 1.67. The second-order valence-corrected chi connectivity index (χ2v) is 4.41. The molecule has 2 aromatic rings. The van der Waals surface area contributed by atoms with Crippen LogP contribution in [0.15, 0.2) is 36.4 Å². The Kier molecular flexibility index (Phi) is 4.34. The minimum Gasteiger partial charge on any atom is -0.406 e. The van der Waals surface area contributed by atoms with Crippen LogP contribution in [0.25, 0.3) is 11.3 Å². The summed E-state index contributed by atoms with van der Waals surface area (Å²) in [4.78, 5) is 4.12. The van der Waals surface area contributed by atoms with E-state index in [1.165, 1.54) is 24.3 Å². The number of pyridine rings is 1. The monoisotopic (exact) mass is 312 g/mol. The van der Waals surface area contributed by atoms with E-state index in [4.69, 9.17) is 16.9 Å². The summed E-state index contributed by atoms with van der Waals surface area (Å²) in [6, 6.07) is 10.6. The summed E-state index contributed by atoms with van der Waals surface area (Å²) in [6.07, 6.45) is -4.58. The predicted molar refractivity (Wildman–Crippen MR) is 70.7 cm³/mol. The Morgan fingerprint density at radius 1 is 1.14 bits per heavy atom. The van der Waals surface area contributed by atoms with Gasteiger partial charge in [-0.3, -0.25) is 0 Å². The Bertz CT molecular complexity index is 678. The third kappa shape index (κ3) is 4.10. The largest absolute Gasteiger partial charge is 0.573 e. The molecule has 3 nitrogen and oxygen atoms in total. The summed E-state index contributed by atoms with van der Waals surface area (Å²) in [5.41, 5.74) is 1.69. The number of ether oxygens (including phenoxy) is 1. The van der Waals surface area contributed by atoms with E-state index in [0.29, 0.717) is 16.8 Å². The van der Waals surface area contributed by atoms with Crippen molar-refractivity contribution < 1.29 is 17.9 Å². The molecule has 0 N–H and O–H groups in total. The number of nitrogens with zero attached hydrogens (tertiary/aromatic N) is 2. The molecule has 1 heterocycles. The van der Waals surface area contributed by atoms with Crippen molar-refractivity contribution in [2.75, 3.05) is 0 Å². The van der Waals surface area contributed by atoms with E-state index in [-0.39, 0.29) is 17.3 Å². The van der Waals surface area contributed by atoms with Gasteiger partial charge in [-0.1, -0.05) is 17.7 Å². The van der Waals surface area contributed by atoms with Crippen molar-refractivity contribution in [2.45, 2.75) is 12.8 Å². The highest BCUT2D eigenvalue weighted by molar-refractivity contribution is 6.30. The Hall–Kier alpha value is -2.26. The molecule has 7 heteroatoms. The van der Waals surface area contributed by atoms with Crippen LogP contribution >= 0.6 is 11.6 Å². The van der Waals surface area contributed by atoms with Crippen molar-refractivity contribution in [1.29, 1.82) is 5.26 Å². The van der Waals surface area contributed by atoms with Crippen molar-refractivity contribution in [3.8, 4) is 23.1 Å². The van der Waals surface area contributed by atoms with Gasteiger partial charge in [0, 0.05) is 11.1 Å². The number of nitriles is 1. The van der Waals surface area contributed by atoms with Gasteiger partial charge in [0.15, 0.2) is 0 Å². The van der Waals surface area contributed by atoms with Gasteiger partial charge in [-0.15, -0.1) is 13.2 Å². The standard InChI is InChI=1S/C14H8ClF3N2O/c15-13-10(7-8-19)3-6-12(20-13)9-1-4-11(5-2-9)21-14(16,17)18/h1-6H,7H2. The number of alkyl halides is 3. The van der Waals surface area contributed by atoms with Gasteiger partial charge >= 0.3 is 6.36 Å². The lowest BCUT2D eigenvalue weighted by atomic mass is 10.1. The summed E-state index contributed by atoms with van der Waals surface area (Å²) in [7, 11) is 0. The Labute approximate surface area is 123 Å². The molecule has 2 rings (SSSR count). The molecule has 0 fully saturated rings. The first kappa shape index (κ1) is 15.1. The normalized spacial score (nSPS) is 11.0. The first-order chi connectivity index (χ1) is 9.89. The van der Waals surface area contributed by atoms with Gasteiger partial charge in [0.2, 0.25) is 0 Å². The SMILES string of the molecule is N#CCc1ccc(-c2ccc(OC(F)(F)F)cc2)nc1Cl.